The van der Waals surface area contributed by atoms with E-state index < -0.39 is 6.09 Å². The molecule has 7 heteroatoms. The number of aryl methyl sites for hydroxylation is 1. The Morgan fingerprint density at radius 3 is 2.63 bits per heavy atom. The molecule has 1 amide bonds. The van der Waals surface area contributed by atoms with Gasteiger partial charge in [0.25, 0.3) is 0 Å². The molecule has 0 spiro atoms. The van der Waals surface area contributed by atoms with E-state index in [0.717, 1.165) is 5.69 Å². The summed E-state index contributed by atoms with van der Waals surface area (Å²) in [6, 6.07) is 6.00. The molecule has 5 nitrogen and oxygen atoms in total. The van der Waals surface area contributed by atoms with Crippen LogP contribution in [0.4, 0.5) is 25.0 Å². The maximum atomic E-state index is 12.9. The number of hydrogen-bond donors (Lipinski definition) is 2. The van der Waals surface area contributed by atoms with Crippen molar-refractivity contribution in [3.63, 3.8) is 0 Å². The summed E-state index contributed by atoms with van der Waals surface area (Å²) in [6.07, 6.45) is -1.12. The van der Waals surface area contributed by atoms with Gasteiger partial charge in [0, 0.05) is 12.7 Å². The minimum absolute atomic E-state index is 0.305. The van der Waals surface area contributed by atoms with Crippen LogP contribution in [0.5, 0.6) is 0 Å². The van der Waals surface area contributed by atoms with Crippen LogP contribution in [0.3, 0.4) is 0 Å². The summed E-state index contributed by atoms with van der Waals surface area (Å²) >= 11 is 1.22. The second-order valence-corrected chi connectivity index (χ2v) is 4.85. The lowest BCUT2D eigenvalue weighted by Crippen LogP contribution is -2.08. The highest BCUT2D eigenvalue weighted by Crippen LogP contribution is 2.33. The number of benzene rings is 1. The zero-order valence-corrected chi connectivity index (χ0v) is 11.2. The molecule has 1 aromatic carbocycles. The van der Waals surface area contributed by atoms with Gasteiger partial charge in [-0.25, -0.2) is 14.2 Å². The molecule has 19 heavy (non-hydrogen) atoms. The molecule has 1 aromatic heterocycles. The van der Waals surface area contributed by atoms with Crippen LogP contribution in [0.15, 0.2) is 24.3 Å². The molecule has 0 aliphatic carbocycles. The van der Waals surface area contributed by atoms with Gasteiger partial charge in [-0.2, -0.15) is 0 Å². The van der Waals surface area contributed by atoms with Gasteiger partial charge in [-0.05, 0) is 31.2 Å². The predicted molar refractivity (Wildman–Crippen MR) is 73.0 cm³/mol. The van der Waals surface area contributed by atoms with Crippen molar-refractivity contribution in [1.82, 2.24) is 4.98 Å². The Balaban J connectivity index is 2.26. The van der Waals surface area contributed by atoms with E-state index in [-0.39, 0.29) is 5.82 Å². The Morgan fingerprint density at radius 1 is 1.42 bits per heavy atom. The highest BCUT2D eigenvalue weighted by atomic mass is 32.1. The molecule has 2 N–H and O–H groups in total. The standard InChI is InChI=1S/C12H12FN3O2S/c1-7-10(15-12(17)18)19-11(14-7)16(2)9-5-3-8(13)4-6-9/h3-6,15H,1-2H3,(H,17,18). The molecule has 0 atom stereocenters. The topological polar surface area (TPSA) is 65.5 Å². The summed E-state index contributed by atoms with van der Waals surface area (Å²) in [5.74, 6) is -0.305. The van der Waals surface area contributed by atoms with Crippen molar-refractivity contribution in [2.45, 2.75) is 6.92 Å². The Bertz CT molecular complexity index is 598. The predicted octanol–water partition coefficient (Wildman–Crippen LogP) is 3.45. The van der Waals surface area contributed by atoms with Gasteiger partial charge in [-0.15, -0.1) is 0 Å². The average molecular weight is 281 g/mol. The van der Waals surface area contributed by atoms with Gasteiger partial charge in [0.1, 0.15) is 10.8 Å². The molecule has 0 aliphatic heterocycles. The molecule has 0 saturated carbocycles. The van der Waals surface area contributed by atoms with Crippen LogP contribution in [0.1, 0.15) is 5.69 Å². The summed E-state index contributed by atoms with van der Waals surface area (Å²) in [7, 11) is 1.79. The fraction of sp³-hybridized carbons (Fsp3) is 0.167. The van der Waals surface area contributed by atoms with Crippen molar-refractivity contribution < 1.29 is 14.3 Å². The first kappa shape index (κ1) is 13.3. The largest absolute Gasteiger partial charge is 0.465 e. The quantitative estimate of drug-likeness (QED) is 0.904. The number of aromatic nitrogens is 1. The second-order valence-electron chi connectivity index (χ2n) is 3.88. The van der Waals surface area contributed by atoms with Crippen molar-refractivity contribution in [3.05, 3.63) is 35.8 Å². The summed E-state index contributed by atoms with van der Waals surface area (Å²) in [4.78, 5) is 16.7. The molecular weight excluding hydrogens is 269 g/mol. The zero-order valence-electron chi connectivity index (χ0n) is 10.3. The van der Waals surface area contributed by atoms with Gasteiger partial charge in [0.2, 0.25) is 0 Å². The van der Waals surface area contributed by atoms with E-state index in [1.807, 2.05) is 0 Å². The summed E-state index contributed by atoms with van der Waals surface area (Å²) in [5, 5.41) is 12.1. The van der Waals surface area contributed by atoms with E-state index in [1.54, 1.807) is 31.0 Å². The minimum atomic E-state index is -1.12. The number of rotatable bonds is 3. The number of hydrogen-bond acceptors (Lipinski definition) is 4. The number of amides is 1. The number of anilines is 3. The fourth-order valence-electron chi connectivity index (χ4n) is 1.51. The van der Waals surface area contributed by atoms with Gasteiger partial charge in [0.05, 0.1) is 5.69 Å². The SMILES string of the molecule is Cc1nc(N(C)c2ccc(F)cc2)sc1NC(=O)O. The maximum absolute atomic E-state index is 12.9. The van der Waals surface area contributed by atoms with Crippen molar-refractivity contribution in [2.24, 2.45) is 0 Å². The third-order valence-corrected chi connectivity index (χ3v) is 3.66. The Hall–Kier alpha value is -2.15. The lowest BCUT2D eigenvalue weighted by Gasteiger charge is -2.15. The monoisotopic (exact) mass is 281 g/mol. The fourth-order valence-corrected chi connectivity index (χ4v) is 2.45. The maximum Gasteiger partial charge on any atom is 0.409 e. The van der Waals surface area contributed by atoms with Crippen LogP contribution < -0.4 is 10.2 Å². The number of carboxylic acid groups (broad SMARTS) is 1. The summed E-state index contributed by atoms with van der Waals surface area (Å²) in [5.41, 5.74) is 1.38. The lowest BCUT2D eigenvalue weighted by molar-refractivity contribution is 0.210. The zero-order chi connectivity index (χ0) is 14.0. The number of nitrogens with one attached hydrogen (secondary N) is 1. The molecule has 100 valence electrons. The molecule has 0 bridgehead atoms. The van der Waals surface area contributed by atoms with Gasteiger partial charge in [-0.1, -0.05) is 11.3 Å². The molecule has 0 aliphatic rings. The third kappa shape index (κ3) is 3.00. The van der Waals surface area contributed by atoms with Crippen molar-refractivity contribution in [2.75, 3.05) is 17.3 Å². The molecular formula is C12H12FN3O2S. The van der Waals surface area contributed by atoms with Crippen LogP contribution in [0.25, 0.3) is 0 Å². The van der Waals surface area contributed by atoms with Crippen LogP contribution in [0.2, 0.25) is 0 Å². The molecule has 1 heterocycles. The highest BCUT2D eigenvalue weighted by molar-refractivity contribution is 7.19. The first-order valence-corrected chi connectivity index (χ1v) is 6.25. The van der Waals surface area contributed by atoms with E-state index in [4.69, 9.17) is 5.11 Å². The number of carbonyl (C=O) groups is 1. The molecule has 2 rings (SSSR count). The van der Waals surface area contributed by atoms with Gasteiger partial charge in [-0.3, -0.25) is 5.32 Å². The highest BCUT2D eigenvalue weighted by Gasteiger charge is 2.14. The van der Waals surface area contributed by atoms with Gasteiger partial charge in [0.15, 0.2) is 5.13 Å². The van der Waals surface area contributed by atoms with Crippen LogP contribution in [0, 0.1) is 12.7 Å². The van der Waals surface area contributed by atoms with Crippen molar-refractivity contribution >= 4 is 33.3 Å². The number of halogens is 1. The number of thiazole rings is 1. The molecule has 0 unspecified atom stereocenters. The third-order valence-electron chi connectivity index (χ3n) is 2.51. The van der Waals surface area contributed by atoms with Crippen LogP contribution in [-0.2, 0) is 0 Å². The van der Waals surface area contributed by atoms with E-state index >= 15 is 0 Å². The first-order chi connectivity index (χ1) is 8.97. The Labute approximate surface area is 113 Å². The lowest BCUT2D eigenvalue weighted by atomic mass is 10.3. The average Bonchev–Trinajstić information content (AvgIpc) is 2.70. The molecule has 0 saturated heterocycles. The smallest absolute Gasteiger partial charge is 0.409 e. The van der Waals surface area contributed by atoms with Crippen molar-refractivity contribution in [1.29, 1.82) is 0 Å². The molecule has 2 aromatic rings. The van der Waals surface area contributed by atoms with E-state index in [0.29, 0.717) is 15.8 Å². The van der Waals surface area contributed by atoms with Crippen molar-refractivity contribution in [3.8, 4) is 0 Å². The molecule has 0 radical (unpaired) electrons. The second kappa shape index (κ2) is 5.23. The van der Waals surface area contributed by atoms with Crippen LogP contribution >= 0.6 is 11.3 Å². The van der Waals surface area contributed by atoms with E-state index in [9.17, 15) is 9.18 Å². The minimum Gasteiger partial charge on any atom is -0.465 e. The Morgan fingerprint density at radius 2 is 2.05 bits per heavy atom. The van der Waals surface area contributed by atoms with E-state index in [1.165, 1.54) is 23.5 Å². The first-order valence-electron chi connectivity index (χ1n) is 5.44. The van der Waals surface area contributed by atoms with Crippen LogP contribution in [-0.4, -0.2) is 23.2 Å². The normalized spacial score (nSPS) is 10.3. The molecule has 0 fully saturated rings. The summed E-state index contributed by atoms with van der Waals surface area (Å²) in [6.45, 7) is 1.73. The van der Waals surface area contributed by atoms with Gasteiger partial charge < -0.3 is 10.0 Å². The van der Waals surface area contributed by atoms with Gasteiger partial charge >= 0.3 is 6.09 Å². The Kier molecular flexibility index (Phi) is 3.66. The number of nitrogens with zero attached hydrogens (tertiary/aromatic N) is 2. The van der Waals surface area contributed by atoms with E-state index in [2.05, 4.69) is 10.3 Å². The summed E-state index contributed by atoms with van der Waals surface area (Å²) < 4.78 is 12.9.